The Morgan fingerprint density at radius 2 is 2.09 bits per heavy atom. The number of anilines is 1. The molecule has 4 nitrogen and oxygen atoms in total. The number of benzene rings is 2. The highest BCUT2D eigenvalue weighted by Crippen LogP contribution is 2.50. The molecule has 0 fully saturated rings. The van der Waals surface area contributed by atoms with Gasteiger partial charge < -0.3 is 5.32 Å². The molecule has 1 aliphatic heterocycles. The number of nitrogens with zero attached hydrogens (tertiary/aromatic N) is 1. The molecule has 2 aromatic rings. The molecule has 2 aliphatic rings. The van der Waals surface area contributed by atoms with Crippen LogP contribution >= 0.6 is 0 Å². The lowest BCUT2D eigenvalue weighted by atomic mass is 9.76. The largest absolute Gasteiger partial charge is 0.378 e. The van der Waals surface area contributed by atoms with Crippen molar-refractivity contribution in [1.29, 1.82) is 0 Å². The first-order valence-corrected chi connectivity index (χ1v) is 7.91. The average molecular weight is 306 g/mol. The maximum Gasteiger partial charge on any atom is 0.269 e. The van der Waals surface area contributed by atoms with E-state index >= 15 is 0 Å². The van der Waals surface area contributed by atoms with E-state index in [1.54, 1.807) is 18.2 Å². The first kappa shape index (κ1) is 14.0. The summed E-state index contributed by atoms with van der Waals surface area (Å²) in [5, 5.41) is 14.7. The van der Waals surface area contributed by atoms with Crippen molar-refractivity contribution >= 4 is 11.4 Å². The Labute approximate surface area is 135 Å². The van der Waals surface area contributed by atoms with Gasteiger partial charge in [-0.25, -0.2) is 0 Å². The minimum absolute atomic E-state index is 0.102. The first-order valence-electron chi connectivity index (χ1n) is 7.91. The maximum atomic E-state index is 11.1. The number of aryl methyl sites for hydroxylation is 1. The standard InChI is InChI=1S/C19H18N2O2/c1-12-8-9-18-17(10-12)15-6-3-7-16(15)19(20-18)13-4-2-5-14(11-13)21(22)23/h2-6,8-11,15-16,19-20H,7H2,1H3/t15-,16+,19+/m1/s1. The first-order chi connectivity index (χ1) is 11.1. The third-order valence-corrected chi connectivity index (χ3v) is 4.96. The van der Waals surface area contributed by atoms with Crippen LogP contribution in [0.3, 0.4) is 0 Å². The van der Waals surface area contributed by atoms with E-state index in [1.165, 1.54) is 11.1 Å². The zero-order valence-electron chi connectivity index (χ0n) is 12.9. The van der Waals surface area contributed by atoms with Crippen LogP contribution in [0.5, 0.6) is 0 Å². The van der Waals surface area contributed by atoms with Crippen molar-refractivity contribution in [2.75, 3.05) is 5.32 Å². The SMILES string of the molecule is Cc1ccc2c(c1)[C@@H]1C=CC[C@@H]1[C@H](c1cccc([N+](=O)[O-])c1)N2. The number of nitrogens with one attached hydrogen (secondary N) is 1. The third kappa shape index (κ3) is 2.31. The number of nitro benzene ring substituents is 1. The molecule has 1 aliphatic carbocycles. The van der Waals surface area contributed by atoms with E-state index in [0.29, 0.717) is 11.8 Å². The third-order valence-electron chi connectivity index (χ3n) is 4.96. The van der Waals surface area contributed by atoms with Gasteiger partial charge in [0, 0.05) is 23.7 Å². The summed E-state index contributed by atoms with van der Waals surface area (Å²) >= 11 is 0. The van der Waals surface area contributed by atoms with Crippen molar-refractivity contribution in [3.8, 4) is 0 Å². The predicted octanol–water partition coefficient (Wildman–Crippen LogP) is 4.73. The Hall–Kier alpha value is -2.62. The molecule has 0 saturated carbocycles. The fourth-order valence-corrected chi connectivity index (χ4v) is 3.88. The van der Waals surface area contributed by atoms with E-state index in [-0.39, 0.29) is 16.7 Å². The molecule has 0 saturated heterocycles. The van der Waals surface area contributed by atoms with Crippen LogP contribution in [0.15, 0.2) is 54.6 Å². The summed E-state index contributed by atoms with van der Waals surface area (Å²) in [4.78, 5) is 10.7. The average Bonchev–Trinajstić information content (AvgIpc) is 3.04. The van der Waals surface area contributed by atoms with Gasteiger partial charge in [0.1, 0.15) is 0 Å². The molecule has 4 rings (SSSR count). The second kappa shape index (κ2) is 5.23. The van der Waals surface area contributed by atoms with Gasteiger partial charge in [-0.1, -0.05) is 42.0 Å². The van der Waals surface area contributed by atoms with Crippen LogP contribution in [-0.4, -0.2) is 4.92 Å². The van der Waals surface area contributed by atoms with Crippen LogP contribution in [0.2, 0.25) is 0 Å². The minimum Gasteiger partial charge on any atom is -0.378 e. The lowest BCUT2D eigenvalue weighted by Crippen LogP contribution is -2.29. The van der Waals surface area contributed by atoms with Crippen molar-refractivity contribution in [1.82, 2.24) is 0 Å². The molecule has 0 aromatic heterocycles. The van der Waals surface area contributed by atoms with Crippen molar-refractivity contribution in [3.63, 3.8) is 0 Å². The van der Waals surface area contributed by atoms with Crippen molar-refractivity contribution < 1.29 is 4.92 Å². The Bertz CT molecular complexity index is 813. The van der Waals surface area contributed by atoms with Crippen molar-refractivity contribution in [2.24, 2.45) is 5.92 Å². The molecule has 4 heteroatoms. The van der Waals surface area contributed by atoms with E-state index in [4.69, 9.17) is 0 Å². The summed E-state index contributed by atoms with van der Waals surface area (Å²) < 4.78 is 0. The highest BCUT2D eigenvalue weighted by atomic mass is 16.6. The summed E-state index contributed by atoms with van der Waals surface area (Å²) in [5.74, 6) is 0.793. The zero-order chi connectivity index (χ0) is 16.0. The molecule has 23 heavy (non-hydrogen) atoms. The van der Waals surface area contributed by atoms with Gasteiger partial charge in [0.2, 0.25) is 0 Å². The zero-order valence-corrected chi connectivity index (χ0v) is 12.9. The van der Waals surface area contributed by atoms with E-state index in [2.05, 4.69) is 42.6 Å². The Morgan fingerprint density at radius 3 is 2.91 bits per heavy atom. The molecule has 1 heterocycles. The van der Waals surface area contributed by atoms with Crippen LogP contribution < -0.4 is 5.32 Å². The smallest absolute Gasteiger partial charge is 0.269 e. The van der Waals surface area contributed by atoms with Gasteiger partial charge in [-0.05, 0) is 36.5 Å². The van der Waals surface area contributed by atoms with Crippen molar-refractivity contribution in [3.05, 3.63) is 81.4 Å². The molecule has 3 atom stereocenters. The molecule has 0 unspecified atom stereocenters. The van der Waals surface area contributed by atoms with Crippen LogP contribution in [-0.2, 0) is 0 Å². The highest BCUT2D eigenvalue weighted by Gasteiger charge is 2.38. The second-order valence-corrected chi connectivity index (χ2v) is 6.42. The molecule has 2 aromatic carbocycles. The number of non-ortho nitro benzene ring substituents is 1. The van der Waals surface area contributed by atoms with Gasteiger partial charge in [0.05, 0.1) is 11.0 Å². The quantitative estimate of drug-likeness (QED) is 0.496. The number of fused-ring (bicyclic) bond motifs is 3. The molecule has 0 spiro atoms. The van der Waals surface area contributed by atoms with E-state index in [1.807, 2.05) is 6.07 Å². The Balaban J connectivity index is 1.78. The van der Waals surface area contributed by atoms with Crippen LogP contribution in [0.25, 0.3) is 0 Å². The van der Waals surface area contributed by atoms with E-state index < -0.39 is 0 Å². The molecule has 0 bridgehead atoms. The Kier molecular flexibility index (Phi) is 3.18. The van der Waals surface area contributed by atoms with Crippen molar-refractivity contribution in [2.45, 2.75) is 25.3 Å². The summed E-state index contributed by atoms with van der Waals surface area (Å²) in [6.07, 6.45) is 5.52. The molecular weight excluding hydrogens is 288 g/mol. The topological polar surface area (TPSA) is 55.2 Å². The Morgan fingerprint density at radius 1 is 1.22 bits per heavy atom. The molecule has 0 radical (unpaired) electrons. The van der Waals surface area contributed by atoms with Gasteiger partial charge in [-0.15, -0.1) is 0 Å². The van der Waals surface area contributed by atoms with Gasteiger partial charge in [0.25, 0.3) is 5.69 Å². The van der Waals surface area contributed by atoms with Gasteiger partial charge in [0.15, 0.2) is 0 Å². The fraction of sp³-hybridized carbons (Fsp3) is 0.263. The van der Waals surface area contributed by atoms with Crippen LogP contribution in [0, 0.1) is 23.0 Å². The monoisotopic (exact) mass is 306 g/mol. The lowest BCUT2D eigenvalue weighted by molar-refractivity contribution is -0.384. The van der Waals surface area contributed by atoms with Gasteiger partial charge in [-0.2, -0.15) is 0 Å². The number of nitro groups is 1. The summed E-state index contributed by atoms with van der Waals surface area (Å²) in [7, 11) is 0. The van der Waals surface area contributed by atoms with E-state index in [0.717, 1.165) is 17.7 Å². The number of rotatable bonds is 2. The summed E-state index contributed by atoms with van der Waals surface area (Å²) in [5.41, 5.74) is 4.88. The van der Waals surface area contributed by atoms with E-state index in [9.17, 15) is 10.1 Å². The van der Waals surface area contributed by atoms with Crippen LogP contribution in [0.4, 0.5) is 11.4 Å². The molecular formula is C19H18N2O2. The lowest BCUT2D eigenvalue weighted by Gasteiger charge is -2.37. The predicted molar refractivity (Wildman–Crippen MR) is 90.6 cm³/mol. The second-order valence-electron chi connectivity index (χ2n) is 6.42. The highest BCUT2D eigenvalue weighted by molar-refractivity contribution is 5.61. The van der Waals surface area contributed by atoms with Gasteiger partial charge >= 0.3 is 0 Å². The number of hydrogen-bond acceptors (Lipinski definition) is 3. The maximum absolute atomic E-state index is 11.1. The minimum atomic E-state index is -0.325. The molecule has 0 amide bonds. The molecule has 1 N–H and O–H groups in total. The fourth-order valence-electron chi connectivity index (χ4n) is 3.88. The normalized spacial score (nSPS) is 24.7. The summed E-state index contributed by atoms with van der Waals surface area (Å²) in [6.45, 7) is 2.11. The van der Waals surface area contributed by atoms with Crippen LogP contribution in [0.1, 0.15) is 35.1 Å². The summed E-state index contributed by atoms with van der Waals surface area (Å²) in [6, 6.07) is 13.6. The molecule has 116 valence electrons. The number of hydrogen-bond donors (Lipinski definition) is 1. The van der Waals surface area contributed by atoms with Gasteiger partial charge in [-0.3, -0.25) is 10.1 Å². The number of allylic oxidation sites excluding steroid dienone is 2.